The van der Waals surface area contributed by atoms with Gasteiger partial charge in [0.15, 0.2) is 0 Å². The highest BCUT2D eigenvalue weighted by molar-refractivity contribution is 7.13. The van der Waals surface area contributed by atoms with Gasteiger partial charge in [0.1, 0.15) is 28.8 Å². The number of H-pyrrole nitrogens is 1. The molecule has 0 atom stereocenters. The smallest absolute Gasteiger partial charge is 0.410 e. The summed E-state index contributed by atoms with van der Waals surface area (Å²) in [6.07, 6.45) is 0.774. The Morgan fingerprint density at radius 2 is 1.82 bits per heavy atom. The number of aromatic nitrogens is 3. The van der Waals surface area contributed by atoms with E-state index in [4.69, 9.17) is 4.74 Å². The van der Waals surface area contributed by atoms with Gasteiger partial charge in [0.2, 0.25) is 0 Å². The van der Waals surface area contributed by atoms with Crippen molar-refractivity contribution < 1.29 is 18.7 Å². The average molecular weight is 564 g/mol. The SMILES string of the molecule is CC(C)NC(=O)c1csc(-c2c(-c3ccc(F)cc3)c(=O)[nH]n2C2CCN(C(=O)OCc3ccccc3)CC2)n1. The molecule has 3 heterocycles. The molecule has 2 amide bonds. The summed E-state index contributed by atoms with van der Waals surface area (Å²) in [5.74, 6) is -0.706. The highest BCUT2D eigenvalue weighted by atomic mass is 32.1. The van der Waals surface area contributed by atoms with Crippen LogP contribution in [0.15, 0.2) is 64.8 Å². The quantitative estimate of drug-likeness (QED) is 0.321. The second-order valence-corrected chi connectivity index (χ2v) is 10.8. The Morgan fingerprint density at radius 3 is 2.50 bits per heavy atom. The van der Waals surface area contributed by atoms with E-state index < -0.39 is 5.82 Å². The van der Waals surface area contributed by atoms with E-state index in [0.29, 0.717) is 47.8 Å². The number of hydrogen-bond acceptors (Lipinski definition) is 6. The number of nitrogens with one attached hydrogen (secondary N) is 2. The molecule has 2 aromatic carbocycles. The Balaban J connectivity index is 1.40. The van der Waals surface area contributed by atoms with Gasteiger partial charge in [-0.25, -0.2) is 14.2 Å². The molecule has 0 saturated carbocycles. The Kier molecular flexibility index (Phi) is 8.11. The summed E-state index contributed by atoms with van der Waals surface area (Å²) in [5, 5.41) is 7.95. The van der Waals surface area contributed by atoms with Crippen LogP contribution in [-0.2, 0) is 11.3 Å². The monoisotopic (exact) mass is 563 g/mol. The number of hydrogen-bond donors (Lipinski definition) is 2. The average Bonchev–Trinajstić information content (AvgIpc) is 3.57. The Labute approximate surface area is 234 Å². The van der Waals surface area contributed by atoms with Crippen molar-refractivity contribution in [2.45, 2.75) is 45.4 Å². The summed E-state index contributed by atoms with van der Waals surface area (Å²) in [4.78, 5) is 44.8. The van der Waals surface area contributed by atoms with Gasteiger partial charge in [0.25, 0.3) is 11.5 Å². The minimum atomic E-state index is -0.408. The molecule has 11 heteroatoms. The first-order valence-electron chi connectivity index (χ1n) is 13.1. The number of carbonyl (C=O) groups excluding carboxylic acids is 2. The molecule has 2 N–H and O–H groups in total. The van der Waals surface area contributed by atoms with Crippen LogP contribution in [0.25, 0.3) is 21.8 Å². The molecule has 0 unspecified atom stereocenters. The van der Waals surface area contributed by atoms with Gasteiger partial charge in [0.05, 0.1) is 11.6 Å². The number of rotatable bonds is 7. The van der Waals surface area contributed by atoms with Crippen molar-refractivity contribution in [3.8, 4) is 21.8 Å². The maximum Gasteiger partial charge on any atom is 0.410 e. The van der Waals surface area contributed by atoms with Gasteiger partial charge in [0, 0.05) is 24.5 Å². The van der Waals surface area contributed by atoms with E-state index in [1.165, 1.54) is 23.5 Å². The van der Waals surface area contributed by atoms with Crippen LogP contribution in [0.5, 0.6) is 0 Å². The Hall–Kier alpha value is -4.25. The van der Waals surface area contributed by atoms with Crippen molar-refractivity contribution in [2.75, 3.05) is 13.1 Å². The molecule has 0 bridgehead atoms. The largest absolute Gasteiger partial charge is 0.445 e. The predicted molar refractivity (Wildman–Crippen MR) is 151 cm³/mol. The lowest BCUT2D eigenvalue weighted by atomic mass is 10.0. The number of piperidine rings is 1. The van der Waals surface area contributed by atoms with Gasteiger partial charge in [-0.3, -0.25) is 19.4 Å². The normalized spacial score (nSPS) is 13.9. The number of amides is 2. The predicted octanol–water partition coefficient (Wildman–Crippen LogP) is 5.22. The molecule has 0 radical (unpaired) electrons. The minimum absolute atomic E-state index is 0.0533. The fourth-order valence-electron chi connectivity index (χ4n) is 4.76. The third kappa shape index (κ3) is 5.99. The molecule has 1 aliphatic rings. The second-order valence-electron chi connectivity index (χ2n) is 9.97. The molecular weight excluding hydrogens is 533 g/mol. The molecule has 2 aromatic heterocycles. The van der Waals surface area contributed by atoms with Crippen LogP contribution in [-0.4, -0.2) is 50.8 Å². The molecule has 1 aliphatic heterocycles. The zero-order chi connectivity index (χ0) is 28.2. The molecule has 40 heavy (non-hydrogen) atoms. The number of thiazole rings is 1. The van der Waals surface area contributed by atoms with Gasteiger partial charge in [-0.15, -0.1) is 11.3 Å². The van der Waals surface area contributed by atoms with Crippen molar-refractivity contribution in [1.82, 2.24) is 25.0 Å². The summed E-state index contributed by atoms with van der Waals surface area (Å²) in [7, 11) is 0. The maximum absolute atomic E-state index is 13.7. The summed E-state index contributed by atoms with van der Waals surface area (Å²) in [6.45, 7) is 4.83. The van der Waals surface area contributed by atoms with Gasteiger partial charge >= 0.3 is 6.09 Å². The van der Waals surface area contributed by atoms with Gasteiger partial charge in [-0.1, -0.05) is 42.5 Å². The molecule has 5 rings (SSSR count). The molecule has 0 spiro atoms. The van der Waals surface area contributed by atoms with E-state index >= 15 is 0 Å². The van der Waals surface area contributed by atoms with Crippen LogP contribution in [0.3, 0.4) is 0 Å². The van der Waals surface area contributed by atoms with Crippen molar-refractivity contribution in [3.05, 3.63) is 87.4 Å². The molecule has 208 valence electrons. The van der Waals surface area contributed by atoms with Crippen molar-refractivity contribution in [1.29, 1.82) is 0 Å². The fraction of sp³-hybridized carbons (Fsp3) is 0.310. The van der Waals surface area contributed by atoms with E-state index in [2.05, 4.69) is 15.4 Å². The summed E-state index contributed by atoms with van der Waals surface area (Å²) in [6, 6.07) is 15.0. The number of carbonyl (C=O) groups is 2. The van der Waals surface area contributed by atoms with E-state index in [0.717, 1.165) is 5.56 Å². The van der Waals surface area contributed by atoms with E-state index in [-0.39, 0.29) is 41.9 Å². The lowest BCUT2D eigenvalue weighted by Gasteiger charge is -2.32. The van der Waals surface area contributed by atoms with Crippen LogP contribution in [0.1, 0.15) is 48.8 Å². The van der Waals surface area contributed by atoms with Crippen molar-refractivity contribution >= 4 is 23.3 Å². The van der Waals surface area contributed by atoms with Crippen LogP contribution in [0.2, 0.25) is 0 Å². The Morgan fingerprint density at radius 1 is 1.12 bits per heavy atom. The van der Waals surface area contributed by atoms with E-state index in [1.807, 2.05) is 44.2 Å². The number of halogens is 1. The van der Waals surface area contributed by atoms with Crippen LogP contribution in [0.4, 0.5) is 9.18 Å². The number of benzene rings is 2. The first-order chi connectivity index (χ1) is 19.3. The summed E-state index contributed by atoms with van der Waals surface area (Å²) < 4.78 is 21.0. The maximum atomic E-state index is 13.7. The first-order valence-corrected chi connectivity index (χ1v) is 14.0. The van der Waals surface area contributed by atoms with E-state index in [1.54, 1.807) is 27.1 Å². The van der Waals surface area contributed by atoms with Crippen molar-refractivity contribution in [2.24, 2.45) is 0 Å². The first kappa shape index (κ1) is 27.3. The molecular formula is C29H30FN5O4S. The third-order valence-corrected chi connectivity index (χ3v) is 7.56. The molecule has 1 saturated heterocycles. The van der Waals surface area contributed by atoms with Crippen molar-refractivity contribution in [3.63, 3.8) is 0 Å². The van der Waals surface area contributed by atoms with Crippen LogP contribution in [0, 0.1) is 5.82 Å². The van der Waals surface area contributed by atoms with Gasteiger partial charge in [-0.2, -0.15) is 0 Å². The van der Waals surface area contributed by atoms with Gasteiger partial charge in [-0.05, 0) is 49.9 Å². The molecule has 1 fully saturated rings. The van der Waals surface area contributed by atoms with Crippen LogP contribution < -0.4 is 10.9 Å². The number of nitrogens with zero attached hydrogens (tertiary/aromatic N) is 3. The number of likely N-dealkylation sites (tertiary alicyclic amines) is 1. The lowest BCUT2D eigenvalue weighted by Crippen LogP contribution is -2.39. The fourth-order valence-corrected chi connectivity index (χ4v) is 5.60. The second kappa shape index (κ2) is 11.9. The molecule has 0 aliphatic carbocycles. The van der Waals surface area contributed by atoms with Crippen LogP contribution >= 0.6 is 11.3 Å². The van der Waals surface area contributed by atoms with Gasteiger partial charge < -0.3 is 15.0 Å². The summed E-state index contributed by atoms with van der Waals surface area (Å²) >= 11 is 1.26. The zero-order valence-electron chi connectivity index (χ0n) is 22.2. The number of aromatic amines is 1. The lowest BCUT2D eigenvalue weighted by molar-refractivity contribution is 0.0822. The molecule has 4 aromatic rings. The standard InChI is InChI=1S/C29H30FN5O4S/c1-18(2)31-26(36)23-17-40-28(32-23)25-24(20-8-10-21(30)11-9-20)27(37)33-35(25)22-12-14-34(15-13-22)29(38)39-16-19-6-4-3-5-7-19/h3-11,17-18,22H,12-16H2,1-2H3,(H,31,36)(H,33,37). The van der Waals surface area contributed by atoms with E-state index in [9.17, 15) is 18.8 Å². The topological polar surface area (TPSA) is 109 Å². The highest BCUT2D eigenvalue weighted by Gasteiger charge is 2.30. The summed E-state index contributed by atoms with van der Waals surface area (Å²) in [5.41, 5.74) is 2.27. The highest BCUT2D eigenvalue weighted by Crippen LogP contribution is 2.36. The zero-order valence-corrected chi connectivity index (χ0v) is 23.0. The minimum Gasteiger partial charge on any atom is -0.445 e. The molecule has 9 nitrogen and oxygen atoms in total. The Bertz CT molecular complexity index is 1540. The third-order valence-electron chi connectivity index (χ3n) is 6.71. The number of ether oxygens (including phenoxy) is 1.